The van der Waals surface area contributed by atoms with Crippen LogP contribution in [0.5, 0.6) is 0 Å². The maximum Gasteiger partial charge on any atom is 0.376 e. The molecule has 0 aliphatic carbocycles. The molecule has 0 saturated carbocycles. The molecule has 2 saturated heterocycles. The number of primary amides is 1. The van der Waals surface area contributed by atoms with Gasteiger partial charge in [0.15, 0.2) is 6.10 Å². The Kier molecular flexibility index (Phi) is 8.13. The number of rotatable bonds is 9. The van der Waals surface area contributed by atoms with Gasteiger partial charge in [0.25, 0.3) is 5.91 Å². The SMILES string of the molecule is NC(=O)C(C=CF)C(=S)N[C@H]1CON(C2(C(=O)OC(c3ccccc3)c3ccccc3)CCC(=O)O2)C1=O. The first-order valence-electron chi connectivity index (χ1n) is 11.6. The Morgan fingerprint density at radius 3 is 2.24 bits per heavy atom. The number of ether oxygens (including phenoxy) is 2. The van der Waals surface area contributed by atoms with Gasteiger partial charge in [0, 0.05) is 6.42 Å². The monoisotopic (exact) mass is 541 g/mol. The van der Waals surface area contributed by atoms with Crippen LogP contribution in [0.15, 0.2) is 73.1 Å². The van der Waals surface area contributed by atoms with Crippen molar-refractivity contribution in [1.29, 1.82) is 0 Å². The lowest BCUT2D eigenvalue weighted by Gasteiger charge is -2.34. The van der Waals surface area contributed by atoms with Crippen LogP contribution in [0, 0.1) is 5.92 Å². The molecular weight excluding hydrogens is 517 g/mol. The quantitative estimate of drug-likeness (QED) is 0.361. The van der Waals surface area contributed by atoms with Crippen molar-refractivity contribution in [1.82, 2.24) is 10.4 Å². The Morgan fingerprint density at radius 2 is 1.74 bits per heavy atom. The molecule has 2 aromatic rings. The third-order valence-electron chi connectivity index (χ3n) is 6.07. The highest BCUT2D eigenvalue weighted by molar-refractivity contribution is 7.80. The number of cyclic esters (lactones) is 1. The molecule has 0 bridgehead atoms. The summed E-state index contributed by atoms with van der Waals surface area (Å²) in [7, 11) is 0. The van der Waals surface area contributed by atoms with Gasteiger partial charge in [0.05, 0.1) is 17.7 Å². The number of nitrogens with two attached hydrogens (primary N) is 1. The molecule has 0 aromatic heterocycles. The molecule has 2 heterocycles. The van der Waals surface area contributed by atoms with Crippen LogP contribution in [0.1, 0.15) is 30.1 Å². The van der Waals surface area contributed by atoms with Gasteiger partial charge in [0.1, 0.15) is 18.6 Å². The van der Waals surface area contributed by atoms with E-state index >= 15 is 0 Å². The molecule has 12 heteroatoms. The van der Waals surface area contributed by atoms with Crippen LogP contribution >= 0.6 is 12.2 Å². The molecule has 3 atom stereocenters. The highest BCUT2D eigenvalue weighted by Gasteiger charge is 2.60. The van der Waals surface area contributed by atoms with E-state index in [-0.39, 0.29) is 30.8 Å². The van der Waals surface area contributed by atoms with Crippen molar-refractivity contribution in [2.45, 2.75) is 30.7 Å². The Balaban J connectivity index is 1.59. The van der Waals surface area contributed by atoms with E-state index in [1.165, 1.54) is 0 Å². The molecule has 4 rings (SSSR count). The highest BCUT2D eigenvalue weighted by Crippen LogP contribution is 2.37. The Labute approximate surface area is 222 Å². The summed E-state index contributed by atoms with van der Waals surface area (Å²) in [6.45, 7) is -0.322. The summed E-state index contributed by atoms with van der Waals surface area (Å²) in [4.78, 5) is 56.1. The van der Waals surface area contributed by atoms with Gasteiger partial charge >= 0.3 is 17.7 Å². The fourth-order valence-corrected chi connectivity index (χ4v) is 4.51. The Hall–Kier alpha value is -4.16. The second-order valence-corrected chi connectivity index (χ2v) is 8.99. The van der Waals surface area contributed by atoms with Crippen molar-refractivity contribution in [2.75, 3.05) is 6.61 Å². The zero-order chi connectivity index (χ0) is 27.3. The van der Waals surface area contributed by atoms with Crippen molar-refractivity contribution < 1.29 is 37.9 Å². The largest absolute Gasteiger partial charge is 0.448 e. The maximum absolute atomic E-state index is 13.7. The van der Waals surface area contributed by atoms with E-state index in [0.717, 1.165) is 6.08 Å². The Morgan fingerprint density at radius 1 is 1.13 bits per heavy atom. The summed E-state index contributed by atoms with van der Waals surface area (Å²) in [6, 6.07) is 16.7. The van der Waals surface area contributed by atoms with Crippen molar-refractivity contribution in [3.8, 4) is 0 Å². The highest BCUT2D eigenvalue weighted by atomic mass is 32.1. The summed E-state index contributed by atoms with van der Waals surface area (Å²) in [6.07, 6.45) is -0.296. The molecule has 2 aromatic carbocycles. The molecule has 2 aliphatic heterocycles. The van der Waals surface area contributed by atoms with Gasteiger partial charge in [-0.15, -0.1) is 0 Å². The smallest absolute Gasteiger partial charge is 0.376 e. The molecule has 198 valence electrons. The molecule has 2 unspecified atom stereocenters. The molecule has 2 aliphatic rings. The van der Waals surface area contributed by atoms with Gasteiger partial charge < -0.3 is 20.5 Å². The van der Waals surface area contributed by atoms with E-state index in [9.17, 15) is 23.6 Å². The van der Waals surface area contributed by atoms with Crippen LogP contribution in [-0.2, 0) is 33.5 Å². The minimum absolute atomic E-state index is 0.113. The van der Waals surface area contributed by atoms with Crippen molar-refractivity contribution in [3.05, 3.63) is 84.2 Å². The van der Waals surface area contributed by atoms with Gasteiger partial charge in [-0.2, -0.15) is 5.06 Å². The number of amides is 2. The van der Waals surface area contributed by atoms with Gasteiger partial charge in [0.2, 0.25) is 5.91 Å². The number of thiocarbonyl (C=S) groups is 1. The predicted octanol–water partition coefficient (Wildman–Crippen LogP) is 2.00. The number of halogens is 1. The summed E-state index contributed by atoms with van der Waals surface area (Å²) in [5.41, 5.74) is 4.38. The van der Waals surface area contributed by atoms with E-state index < -0.39 is 47.5 Å². The van der Waals surface area contributed by atoms with E-state index in [2.05, 4.69) is 5.32 Å². The summed E-state index contributed by atoms with van der Waals surface area (Å²) in [5.74, 6) is -4.77. The van der Waals surface area contributed by atoms with Crippen LogP contribution in [0.3, 0.4) is 0 Å². The number of hydrogen-bond donors (Lipinski definition) is 2. The predicted molar refractivity (Wildman–Crippen MR) is 134 cm³/mol. The fraction of sp³-hybridized carbons (Fsp3) is 0.269. The first kappa shape index (κ1) is 26.9. The van der Waals surface area contributed by atoms with E-state index in [1.807, 2.05) is 12.1 Å². The van der Waals surface area contributed by atoms with Gasteiger partial charge in [-0.25, -0.2) is 9.18 Å². The molecular formula is C26H24FN3O7S. The molecule has 2 amide bonds. The first-order valence-corrected chi connectivity index (χ1v) is 12.0. The average molecular weight is 542 g/mol. The number of hydroxylamine groups is 2. The standard InChI is InChI=1S/C26H24FN3O7S/c27-14-12-18(22(28)32)23(38)29-19-15-35-30(24(19)33)26(13-11-20(31)37-26)25(34)36-21(16-7-3-1-4-8-16)17-9-5-2-6-10-17/h1-10,12,14,18-19,21H,11,13,15H2,(H2,28,32)(H,29,38)/t18?,19-,26?/m0/s1. The lowest BCUT2D eigenvalue weighted by Crippen LogP contribution is -2.57. The second-order valence-electron chi connectivity index (χ2n) is 8.55. The summed E-state index contributed by atoms with van der Waals surface area (Å²) in [5, 5.41) is 3.28. The zero-order valence-electron chi connectivity index (χ0n) is 20.0. The summed E-state index contributed by atoms with van der Waals surface area (Å²) < 4.78 is 23.9. The van der Waals surface area contributed by atoms with E-state index in [4.69, 9.17) is 32.3 Å². The van der Waals surface area contributed by atoms with Crippen molar-refractivity contribution >= 4 is 41.0 Å². The van der Waals surface area contributed by atoms with E-state index in [0.29, 0.717) is 16.2 Å². The van der Waals surface area contributed by atoms with E-state index in [1.54, 1.807) is 48.5 Å². The van der Waals surface area contributed by atoms with Gasteiger partial charge in [-0.3, -0.25) is 19.2 Å². The molecule has 2 fully saturated rings. The van der Waals surface area contributed by atoms with Crippen LogP contribution in [0.25, 0.3) is 0 Å². The van der Waals surface area contributed by atoms with Crippen LogP contribution in [-0.4, -0.2) is 52.2 Å². The van der Waals surface area contributed by atoms with Crippen molar-refractivity contribution in [2.24, 2.45) is 11.7 Å². The molecule has 10 nitrogen and oxygen atoms in total. The number of carbonyl (C=O) groups excluding carboxylic acids is 4. The first-order chi connectivity index (χ1) is 18.3. The van der Waals surface area contributed by atoms with Crippen molar-refractivity contribution in [3.63, 3.8) is 0 Å². The van der Waals surface area contributed by atoms with Crippen LogP contribution in [0.4, 0.5) is 4.39 Å². The average Bonchev–Trinajstić information content (AvgIpc) is 3.49. The second kappa shape index (κ2) is 11.5. The lowest BCUT2D eigenvalue weighted by atomic mass is 10.0. The molecule has 38 heavy (non-hydrogen) atoms. The number of esters is 2. The zero-order valence-corrected chi connectivity index (χ0v) is 20.8. The topological polar surface area (TPSA) is 137 Å². The Bertz CT molecular complexity index is 1220. The van der Waals surface area contributed by atoms with Crippen LogP contribution in [0.2, 0.25) is 0 Å². The number of nitrogens with one attached hydrogen (secondary N) is 1. The minimum atomic E-state index is -2.18. The lowest BCUT2D eigenvalue weighted by molar-refractivity contribution is -0.260. The number of hydrogen-bond acceptors (Lipinski definition) is 8. The molecule has 3 N–H and O–H groups in total. The summed E-state index contributed by atoms with van der Waals surface area (Å²) >= 11 is 5.11. The molecule has 0 radical (unpaired) electrons. The number of carbonyl (C=O) groups is 4. The number of benzene rings is 2. The van der Waals surface area contributed by atoms with Gasteiger partial charge in [-0.05, 0) is 17.2 Å². The number of nitrogens with zero attached hydrogens (tertiary/aromatic N) is 1. The minimum Gasteiger partial charge on any atom is -0.448 e. The third-order valence-corrected chi connectivity index (χ3v) is 6.44. The molecule has 0 spiro atoms. The third kappa shape index (κ3) is 5.41. The normalized spacial score (nSPS) is 21.9. The fourth-order valence-electron chi connectivity index (χ4n) is 4.17. The van der Waals surface area contributed by atoms with Gasteiger partial charge in [-0.1, -0.05) is 72.9 Å². The maximum atomic E-state index is 13.7. The van der Waals surface area contributed by atoms with Crippen LogP contribution < -0.4 is 11.1 Å².